The van der Waals surface area contributed by atoms with Gasteiger partial charge in [0.15, 0.2) is 6.10 Å². The van der Waals surface area contributed by atoms with E-state index in [1.807, 2.05) is 48.5 Å². The van der Waals surface area contributed by atoms with Crippen molar-refractivity contribution in [3.05, 3.63) is 84.4 Å². The van der Waals surface area contributed by atoms with E-state index in [1.165, 1.54) is 6.92 Å². The van der Waals surface area contributed by atoms with Crippen molar-refractivity contribution in [1.82, 2.24) is 5.32 Å². The number of unbranched alkanes of at least 4 members (excludes halogenated alkanes) is 1. The SMILES string of the molecule is CCCCOc1ccc(C(=O)NCC(=O)OC(C)C(=O)Nc2ccccc2-c2ccccc2)cc1. The Hall–Kier alpha value is -4.13. The molecule has 1 atom stereocenters. The lowest BCUT2D eigenvalue weighted by Gasteiger charge is -2.16. The highest BCUT2D eigenvalue weighted by Gasteiger charge is 2.20. The number of benzene rings is 3. The summed E-state index contributed by atoms with van der Waals surface area (Å²) >= 11 is 0. The molecular formula is C28H30N2O5. The van der Waals surface area contributed by atoms with Crippen LogP contribution in [-0.2, 0) is 14.3 Å². The Bertz CT molecular complexity index is 1130. The van der Waals surface area contributed by atoms with Crippen LogP contribution in [0.4, 0.5) is 5.69 Å². The van der Waals surface area contributed by atoms with Crippen molar-refractivity contribution >= 4 is 23.5 Å². The minimum Gasteiger partial charge on any atom is -0.494 e. The Morgan fingerprint density at radius 2 is 1.57 bits per heavy atom. The van der Waals surface area contributed by atoms with Crippen LogP contribution in [0.15, 0.2) is 78.9 Å². The van der Waals surface area contributed by atoms with Crippen LogP contribution in [0.3, 0.4) is 0 Å². The van der Waals surface area contributed by atoms with Crippen LogP contribution < -0.4 is 15.4 Å². The van der Waals surface area contributed by atoms with Gasteiger partial charge in [-0.25, -0.2) is 0 Å². The number of nitrogens with one attached hydrogen (secondary N) is 2. The molecule has 35 heavy (non-hydrogen) atoms. The largest absolute Gasteiger partial charge is 0.494 e. The number of carbonyl (C=O) groups excluding carboxylic acids is 3. The monoisotopic (exact) mass is 474 g/mol. The van der Waals surface area contributed by atoms with Gasteiger partial charge >= 0.3 is 5.97 Å². The molecule has 3 aromatic rings. The number of ether oxygens (including phenoxy) is 2. The molecular weight excluding hydrogens is 444 g/mol. The van der Waals surface area contributed by atoms with Gasteiger partial charge in [0.05, 0.1) is 6.61 Å². The Morgan fingerprint density at radius 1 is 0.886 bits per heavy atom. The molecule has 1 unspecified atom stereocenters. The minimum absolute atomic E-state index is 0.355. The lowest BCUT2D eigenvalue weighted by atomic mass is 10.0. The molecule has 7 heteroatoms. The van der Waals surface area contributed by atoms with Gasteiger partial charge in [0, 0.05) is 16.8 Å². The molecule has 3 aromatic carbocycles. The van der Waals surface area contributed by atoms with Gasteiger partial charge in [0.25, 0.3) is 11.8 Å². The lowest BCUT2D eigenvalue weighted by molar-refractivity contribution is -0.152. The summed E-state index contributed by atoms with van der Waals surface area (Å²) in [7, 11) is 0. The highest BCUT2D eigenvalue weighted by molar-refractivity contribution is 5.99. The topological polar surface area (TPSA) is 93.7 Å². The zero-order chi connectivity index (χ0) is 25.0. The summed E-state index contributed by atoms with van der Waals surface area (Å²) in [5.41, 5.74) is 2.82. The zero-order valence-corrected chi connectivity index (χ0v) is 20.0. The lowest BCUT2D eigenvalue weighted by Crippen LogP contribution is -2.35. The van der Waals surface area contributed by atoms with Gasteiger partial charge in [-0.15, -0.1) is 0 Å². The summed E-state index contributed by atoms with van der Waals surface area (Å²) in [4.78, 5) is 37.1. The van der Waals surface area contributed by atoms with Crippen molar-refractivity contribution < 1.29 is 23.9 Å². The fraction of sp³-hybridized carbons (Fsp3) is 0.250. The first-order valence-electron chi connectivity index (χ1n) is 11.6. The zero-order valence-electron chi connectivity index (χ0n) is 20.0. The molecule has 0 spiro atoms. The van der Waals surface area contributed by atoms with Gasteiger partial charge < -0.3 is 20.1 Å². The molecule has 2 amide bonds. The number of hydrogen-bond donors (Lipinski definition) is 2. The maximum atomic E-state index is 12.6. The molecule has 0 bridgehead atoms. The fourth-order valence-electron chi connectivity index (χ4n) is 3.28. The molecule has 2 N–H and O–H groups in total. The van der Waals surface area contributed by atoms with E-state index in [9.17, 15) is 14.4 Å². The van der Waals surface area contributed by atoms with Crippen molar-refractivity contribution in [2.75, 3.05) is 18.5 Å². The first-order chi connectivity index (χ1) is 17.0. The molecule has 0 heterocycles. The molecule has 182 valence electrons. The van der Waals surface area contributed by atoms with Crippen LogP contribution in [0.2, 0.25) is 0 Å². The Kier molecular flexibility index (Phi) is 9.42. The molecule has 0 saturated heterocycles. The average molecular weight is 475 g/mol. The van der Waals surface area contributed by atoms with Gasteiger partial charge in [-0.3, -0.25) is 14.4 Å². The number of para-hydroxylation sites is 1. The number of amides is 2. The van der Waals surface area contributed by atoms with E-state index in [4.69, 9.17) is 9.47 Å². The van der Waals surface area contributed by atoms with Crippen molar-refractivity contribution in [2.45, 2.75) is 32.8 Å². The maximum Gasteiger partial charge on any atom is 0.326 e. The normalized spacial score (nSPS) is 11.3. The second-order valence-electron chi connectivity index (χ2n) is 7.94. The first kappa shape index (κ1) is 25.5. The summed E-state index contributed by atoms with van der Waals surface area (Å²) in [5, 5.41) is 5.32. The maximum absolute atomic E-state index is 12.6. The van der Waals surface area contributed by atoms with Crippen LogP contribution in [0, 0.1) is 0 Å². The van der Waals surface area contributed by atoms with Crippen LogP contribution in [-0.4, -0.2) is 37.0 Å². The second kappa shape index (κ2) is 12.9. The minimum atomic E-state index is -1.04. The fourth-order valence-corrected chi connectivity index (χ4v) is 3.28. The number of carbonyl (C=O) groups is 3. The van der Waals surface area contributed by atoms with Crippen molar-refractivity contribution in [3.8, 4) is 16.9 Å². The van der Waals surface area contributed by atoms with Gasteiger partial charge in [0.1, 0.15) is 12.3 Å². The predicted molar refractivity (Wildman–Crippen MR) is 135 cm³/mol. The number of hydrogen-bond acceptors (Lipinski definition) is 5. The van der Waals surface area contributed by atoms with Crippen LogP contribution in [0.1, 0.15) is 37.0 Å². The van der Waals surface area contributed by atoms with Crippen molar-refractivity contribution in [1.29, 1.82) is 0 Å². The molecule has 0 fully saturated rings. The molecule has 3 rings (SSSR count). The number of esters is 1. The summed E-state index contributed by atoms with van der Waals surface area (Å²) in [6.07, 6.45) is 0.959. The van der Waals surface area contributed by atoms with Crippen molar-refractivity contribution in [2.24, 2.45) is 0 Å². The van der Waals surface area contributed by atoms with Gasteiger partial charge in [-0.1, -0.05) is 61.9 Å². The van der Waals surface area contributed by atoms with E-state index < -0.39 is 23.9 Å². The molecule has 0 aliphatic carbocycles. The summed E-state index contributed by atoms with van der Waals surface area (Å²) in [6, 6.07) is 23.7. The Morgan fingerprint density at radius 3 is 2.29 bits per heavy atom. The van der Waals surface area contributed by atoms with Gasteiger partial charge in [-0.2, -0.15) is 0 Å². The Balaban J connectivity index is 1.48. The molecule has 0 aliphatic rings. The summed E-state index contributed by atoms with van der Waals surface area (Å²) in [6.45, 7) is 3.83. The predicted octanol–water partition coefficient (Wildman–Crippen LogP) is 4.83. The molecule has 0 saturated carbocycles. The van der Waals surface area contributed by atoms with E-state index in [2.05, 4.69) is 17.6 Å². The molecule has 0 radical (unpaired) electrons. The van der Waals surface area contributed by atoms with Gasteiger partial charge in [-0.05, 0) is 49.2 Å². The second-order valence-corrected chi connectivity index (χ2v) is 7.94. The Labute approximate surface area is 205 Å². The quantitative estimate of drug-likeness (QED) is 0.307. The third kappa shape index (κ3) is 7.71. The number of rotatable bonds is 11. The highest BCUT2D eigenvalue weighted by Crippen LogP contribution is 2.27. The first-order valence-corrected chi connectivity index (χ1v) is 11.6. The van der Waals surface area contributed by atoms with E-state index in [0.717, 1.165) is 24.0 Å². The third-order valence-electron chi connectivity index (χ3n) is 5.22. The third-order valence-corrected chi connectivity index (χ3v) is 5.22. The van der Waals surface area contributed by atoms with E-state index in [1.54, 1.807) is 30.3 Å². The molecule has 7 nitrogen and oxygen atoms in total. The van der Waals surface area contributed by atoms with Gasteiger partial charge in [0.2, 0.25) is 0 Å². The molecule has 0 aliphatic heterocycles. The average Bonchev–Trinajstić information content (AvgIpc) is 2.88. The van der Waals surface area contributed by atoms with Crippen LogP contribution in [0.25, 0.3) is 11.1 Å². The van der Waals surface area contributed by atoms with Crippen LogP contribution in [0.5, 0.6) is 5.75 Å². The van der Waals surface area contributed by atoms with E-state index >= 15 is 0 Å². The van der Waals surface area contributed by atoms with E-state index in [-0.39, 0.29) is 6.54 Å². The summed E-state index contributed by atoms with van der Waals surface area (Å²) < 4.78 is 10.8. The van der Waals surface area contributed by atoms with E-state index in [0.29, 0.717) is 23.6 Å². The highest BCUT2D eigenvalue weighted by atomic mass is 16.5. The molecule has 0 aromatic heterocycles. The van der Waals surface area contributed by atoms with Crippen LogP contribution >= 0.6 is 0 Å². The standard InChI is InChI=1S/C28H30N2O5/c1-3-4-18-34-23-16-14-22(15-17-23)28(33)29-19-26(31)35-20(2)27(32)30-25-13-9-8-12-24(25)21-10-6-5-7-11-21/h5-17,20H,3-4,18-19H2,1-2H3,(H,29,33)(H,30,32). The van der Waals surface area contributed by atoms with Crippen molar-refractivity contribution in [3.63, 3.8) is 0 Å². The smallest absolute Gasteiger partial charge is 0.326 e. The summed E-state index contributed by atoms with van der Waals surface area (Å²) in [5.74, 6) is -0.914. The number of anilines is 1.